The van der Waals surface area contributed by atoms with E-state index in [1.165, 1.54) is 76.1 Å². The minimum atomic E-state index is -0.0296. The summed E-state index contributed by atoms with van der Waals surface area (Å²) in [6.07, 6.45) is 9.61. The Morgan fingerprint density at radius 3 is 2.39 bits per heavy atom. The minimum absolute atomic E-state index is 0.0296. The van der Waals surface area contributed by atoms with Crippen LogP contribution in [-0.2, 0) is 5.41 Å². The maximum Gasteiger partial charge on any atom is 0.0490 e. The van der Waals surface area contributed by atoms with E-state index in [0.29, 0.717) is 0 Å². The molecule has 0 aliphatic heterocycles. The maximum atomic E-state index is 2.50. The van der Waals surface area contributed by atoms with Gasteiger partial charge in [-0.05, 0) is 109 Å². The Bertz CT molecular complexity index is 1570. The van der Waals surface area contributed by atoms with Crippen molar-refractivity contribution in [3.8, 4) is 11.1 Å². The highest BCUT2D eigenvalue weighted by Crippen LogP contribution is 2.61. The van der Waals surface area contributed by atoms with Gasteiger partial charge in [-0.25, -0.2) is 0 Å². The third-order valence-electron chi connectivity index (χ3n) is 8.55. The number of hydrogen-bond acceptors (Lipinski definition) is 1. The molecule has 1 spiro atoms. The number of benzene rings is 4. The lowest BCUT2D eigenvalue weighted by atomic mass is 9.71. The molecular weight excluding hydrogens is 434 g/mol. The van der Waals surface area contributed by atoms with Crippen molar-refractivity contribution in [2.24, 2.45) is 0 Å². The standard InChI is InChI=1S/C35H31N/c1-24-10-9-13-27(22-24)36(34-17-8-3-11-25(34)2)28-18-19-30-29-14-5-7-16-32(29)35(33(30)23-28)21-20-26-12-4-6-15-31(26)35/h3,5-11,13-19,22-23H,4,12,20-21H2,1-2H3. The molecule has 176 valence electrons. The molecule has 7 rings (SSSR count). The summed E-state index contributed by atoms with van der Waals surface area (Å²) in [5.74, 6) is 0. The first-order valence-corrected chi connectivity index (χ1v) is 13.2. The van der Waals surface area contributed by atoms with E-state index in [1.807, 2.05) is 0 Å². The van der Waals surface area contributed by atoms with Crippen molar-refractivity contribution < 1.29 is 0 Å². The molecule has 3 aliphatic rings. The Morgan fingerprint density at radius 2 is 1.50 bits per heavy atom. The van der Waals surface area contributed by atoms with E-state index in [4.69, 9.17) is 0 Å². The number of nitrogens with zero attached hydrogens (tertiary/aromatic N) is 1. The number of rotatable bonds is 3. The molecule has 0 saturated carbocycles. The molecule has 0 aromatic heterocycles. The maximum absolute atomic E-state index is 2.50. The molecule has 1 unspecified atom stereocenters. The van der Waals surface area contributed by atoms with Crippen LogP contribution in [0, 0.1) is 13.8 Å². The Kier molecular flexibility index (Phi) is 4.82. The molecule has 4 aromatic rings. The zero-order chi connectivity index (χ0) is 24.3. The second-order valence-electron chi connectivity index (χ2n) is 10.6. The van der Waals surface area contributed by atoms with Gasteiger partial charge < -0.3 is 4.90 Å². The highest BCUT2D eigenvalue weighted by atomic mass is 15.1. The molecule has 36 heavy (non-hydrogen) atoms. The van der Waals surface area contributed by atoms with Gasteiger partial charge in [0.15, 0.2) is 0 Å². The molecule has 1 heteroatoms. The highest BCUT2D eigenvalue weighted by molar-refractivity contribution is 5.88. The van der Waals surface area contributed by atoms with Gasteiger partial charge in [0.2, 0.25) is 0 Å². The normalized spacial score (nSPS) is 19.4. The fourth-order valence-corrected chi connectivity index (χ4v) is 6.95. The van der Waals surface area contributed by atoms with Crippen LogP contribution < -0.4 is 4.90 Å². The van der Waals surface area contributed by atoms with Crippen molar-refractivity contribution in [1.82, 2.24) is 0 Å². The van der Waals surface area contributed by atoms with Crippen molar-refractivity contribution in [2.45, 2.75) is 44.9 Å². The van der Waals surface area contributed by atoms with Gasteiger partial charge in [0, 0.05) is 22.5 Å². The van der Waals surface area contributed by atoms with Gasteiger partial charge in [0.05, 0.1) is 0 Å². The van der Waals surface area contributed by atoms with Gasteiger partial charge in [-0.1, -0.05) is 78.4 Å². The summed E-state index contributed by atoms with van der Waals surface area (Å²) >= 11 is 0. The molecule has 0 saturated heterocycles. The number of anilines is 3. The van der Waals surface area contributed by atoms with Crippen LogP contribution in [0.4, 0.5) is 17.1 Å². The van der Waals surface area contributed by atoms with Crippen LogP contribution in [0.3, 0.4) is 0 Å². The zero-order valence-electron chi connectivity index (χ0n) is 21.1. The molecular formula is C35H31N. The third kappa shape index (κ3) is 3.02. The summed E-state index contributed by atoms with van der Waals surface area (Å²) in [5.41, 5.74) is 15.2. The van der Waals surface area contributed by atoms with E-state index < -0.39 is 0 Å². The number of fused-ring (bicyclic) bond motifs is 6. The van der Waals surface area contributed by atoms with Gasteiger partial charge in [0.1, 0.15) is 0 Å². The highest BCUT2D eigenvalue weighted by Gasteiger charge is 2.49. The minimum Gasteiger partial charge on any atom is -0.310 e. The van der Waals surface area contributed by atoms with Crippen molar-refractivity contribution in [3.05, 3.63) is 137 Å². The Balaban J connectivity index is 1.48. The average Bonchev–Trinajstić information content (AvgIpc) is 3.43. The van der Waals surface area contributed by atoms with Crippen LogP contribution in [0.2, 0.25) is 0 Å². The quantitative estimate of drug-likeness (QED) is 0.291. The van der Waals surface area contributed by atoms with E-state index in [2.05, 4.69) is 122 Å². The first-order valence-electron chi connectivity index (χ1n) is 13.2. The average molecular weight is 466 g/mol. The lowest BCUT2D eigenvalue weighted by Crippen LogP contribution is -2.25. The van der Waals surface area contributed by atoms with Crippen molar-refractivity contribution in [2.75, 3.05) is 4.90 Å². The third-order valence-corrected chi connectivity index (χ3v) is 8.55. The van der Waals surface area contributed by atoms with E-state index in [1.54, 1.807) is 11.1 Å². The fourth-order valence-electron chi connectivity index (χ4n) is 6.95. The summed E-state index contributed by atoms with van der Waals surface area (Å²) in [7, 11) is 0. The number of para-hydroxylation sites is 1. The molecule has 0 fully saturated rings. The van der Waals surface area contributed by atoms with Crippen LogP contribution in [0.15, 0.2) is 114 Å². The molecule has 0 radical (unpaired) electrons. The Hall–Kier alpha value is -3.84. The van der Waals surface area contributed by atoms with Gasteiger partial charge in [-0.2, -0.15) is 0 Å². The van der Waals surface area contributed by atoms with Crippen molar-refractivity contribution >= 4 is 17.1 Å². The van der Waals surface area contributed by atoms with Gasteiger partial charge in [-0.3, -0.25) is 0 Å². The predicted octanol–water partition coefficient (Wildman–Crippen LogP) is 9.48. The predicted molar refractivity (Wildman–Crippen MR) is 151 cm³/mol. The fraction of sp³-hybridized carbons (Fsp3) is 0.200. The van der Waals surface area contributed by atoms with Gasteiger partial charge in [0.25, 0.3) is 0 Å². The molecule has 0 heterocycles. The summed E-state index contributed by atoms with van der Waals surface area (Å²) < 4.78 is 0. The molecule has 3 aliphatic carbocycles. The summed E-state index contributed by atoms with van der Waals surface area (Å²) in [5, 5.41) is 0. The van der Waals surface area contributed by atoms with Gasteiger partial charge >= 0.3 is 0 Å². The first-order chi connectivity index (χ1) is 17.7. The monoisotopic (exact) mass is 465 g/mol. The molecule has 0 amide bonds. The molecule has 4 aromatic carbocycles. The number of aryl methyl sites for hydroxylation is 2. The molecule has 0 bridgehead atoms. The number of allylic oxidation sites excluding steroid dienone is 4. The van der Waals surface area contributed by atoms with Gasteiger partial charge in [-0.15, -0.1) is 0 Å². The number of hydrogen-bond donors (Lipinski definition) is 0. The second kappa shape index (κ2) is 8.10. The summed E-state index contributed by atoms with van der Waals surface area (Å²) in [4.78, 5) is 2.44. The summed E-state index contributed by atoms with van der Waals surface area (Å²) in [6.45, 7) is 4.39. The van der Waals surface area contributed by atoms with Crippen LogP contribution in [-0.4, -0.2) is 0 Å². The lowest BCUT2D eigenvalue weighted by Gasteiger charge is -2.32. The molecule has 1 atom stereocenters. The van der Waals surface area contributed by atoms with E-state index in [0.717, 1.165) is 0 Å². The zero-order valence-corrected chi connectivity index (χ0v) is 21.1. The van der Waals surface area contributed by atoms with Crippen LogP contribution in [0.1, 0.15) is 47.9 Å². The topological polar surface area (TPSA) is 3.24 Å². The van der Waals surface area contributed by atoms with Crippen molar-refractivity contribution in [3.63, 3.8) is 0 Å². The van der Waals surface area contributed by atoms with E-state index >= 15 is 0 Å². The van der Waals surface area contributed by atoms with E-state index in [9.17, 15) is 0 Å². The van der Waals surface area contributed by atoms with Crippen molar-refractivity contribution in [1.29, 1.82) is 0 Å². The smallest absolute Gasteiger partial charge is 0.0490 e. The summed E-state index contributed by atoms with van der Waals surface area (Å²) in [6, 6.07) is 33.9. The second-order valence-corrected chi connectivity index (χ2v) is 10.6. The SMILES string of the molecule is Cc1cccc(N(c2ccc3c(c2)C2(CCC4=C2C=CCC4)c2ccccc2-3)c2ccccc2C)c1. The largest absolute Gasteiger partial charge is 0.310 e. The molecule has 1 nitrogen and oxygen atoms in total. The Morgan fingerprint density at radius 1 is 0.694 bits per heavy atom. The van der Waals surface area contributed by atoms with E-state index in [-0.39, 0.29) is 5.41 Å². The van der Waals surface area contributed by atoms with Crippen LogP contribution >= 0.6 is 0 Å². The van der Waals surface area contributed by atoms with Crippen LogP contribution in [0.25, 0.3) is 11.1 Å². The Labute approximate surface area is 214 Å². The molecule has 0 N–H and O–H groups in total. The lowest BCUT2D eigenvalue weighted by molar-refractivity contribution is 0.619. The first kappa shape index (κ1) is 21.4. The van der Waals surface area contributed by atoms with Crippen LogP contribution in [0.5, 0.6) is 0 Å².